The molecular weight excluding hydrogens is 365 g/mol. The predicted molar refractivity (Wildman–Crippen MR) is 92.6 cm³/mol. The summed E-state index contributed by atoms with van der Waals surface area (Å²) >= 11 is 0. The van der Waals surface area contributed by atoms with Gasteiger partial charge in [-0.2, -0.15) is 0 Å². The van der Waals surface area contributed by atoms with Crippen molar-refractivity contribution in [2.24, 2.45) is 10.7 Å². The fourth-order valence-corrected chi connectivity index (χ4v) is 1.78. The summed E-state index contributed by atoms with van der Waals surface area (Å²) in [4.78, 5) is 8.42. The lowest BCUT2D eigenvalue weighted by atomic mass is 10.2. The number of aliphatic imine (C=N–C) groups is 1. The Morgan fingerprint density at radius 2 is 2.20 bits per heavy atom. The Morgan fingerprint density at radius 3 is 2.90 bits per heavy atom. The number of nitrogens with one attached hydrogen (secondary N) is 1. The molecular formula is C14H20IN5. The SMILES string of the molecule is CCCNC(N)=NCc1ccccc1-n1ccnc1.I. The Hall–Kier alpha value is -1.57. The highest BCUT2D eigenvalue weighted by atomic mass is 127. The summed E-state index contributed by atoms with van der Waals surface area (Å²) in [6.45, 7) is 3.49. The Bertz CT molecular complexity index is 536. The molecule has 0 bridgehead atoms. The van der Waals surface area contributed by atoms with Crippen molar-refractivity contribution >= 4 is 29.9 Å². The second-order valence-corrected chi connectivity index (χ2v) is 4.23. The Morgan fingerprint density at radius 1 is 1.40 bits per heavy atom. The zero-order chi connectivity index (χ0) is 13.5. The number of hydrogen-bond donors (Lipinski definition) is 2. The fraction of sp³-hybridized carbons (Fsp3) is 0.286. The lowest BCUT2D eigenvalue weighted by Crippen LogP contribution is -2.32. The van der Waals surface area contributed by atoms with Crippen LogP contribution in [0.2, 0.25) is 0 Å². The molecule has 1 aromatic heterocycles. The van der Waals surface area contributed by atoms with Crippen LogP contribution in [-0.4, -0.2) is 22.1 Å². The average molecular weight is 385 g/mol. The highest BCUT2D eigenvalue weighted by Crippen LogP contribution is 2.14. The Labute approximate surface area is 136 Å². The summed E-state index contributed by atoms with van der Waals surface area (Å²) in [6.07, 6.45) is 6.49. The molecule has 6 heteroatoms. The van der Waals surface area contributed by atoms with Crippen LogP contribution in [0.4, 0.5) is 0 Å². The lowest BCUT2D eigenvalue weighted by molar-refractivity contribution is 0.824. The van der Waals surface area contributed by atoms with Gasteiger partial charge < -0.3 is 15.6 Å². The predicted octanol–water partition coefficient (Wildman–Crippen LogP) is 2.30. The smallest absolute Gasteiger partial charge is 0.188 e. The molecule has 1 aromatic carbocycles. The molecule has 0 amide bonds. The van der Waals surface area contributed by atoms with Gasteiger partial charge in [-0.25, -0.2) is 9.98 Å². The molecule has 20 heavy (non-hydrogen) atoms. The summed E-state index contributed by atoms with van der Waals surface area (Å²) in [7, 11) is 0. The number of benzene rings is 1. The highest BCUT2D eigenvalue weighted by molar-refractivity contribution is 14.0. The van der Waals surface area contributed by atoms with Gasteiger partial charge >= 0.3 is 0 Å². The maximum atomic E-state index is 5.80. The molecule has 0 aliphatic heterocycles. The van der Waals surface area contributed by atoms with Crippen LogP contribution in [-0.2, 0) is 6.54 Å². The highest BCUT2D eigenvalue weighted by Gasteiger charge is 2.02. The molecule has 0 saturated heterocycles. The van der Waals surface area contributed by atoms with Crippen molar-refractivity contribution in [2.75, 3.05) is 6.54 Å². The van der Waals surface area contributed by atoms with E-state index in [1.54, 1.807) is 12.5 Å². The molecule has 0 saturated carbocycles. The number of nitrogens with two attached hydrogens (primary N) is 1. The van der Waals surface area contributed by atoms with E-state index in [0.717, 1.165) is 24.2 Å². The number of rotatable bonds is 5. The summed E-state index contributed by atoms with van der Waals surface area (Å²) in [5.74, 6) is 0.488. The molecule has 2 rings (SSSR count). The number of hydrogen-bond acceptors (Lipinski definition) is 2. The number of guanidine groups is 1. The molecule has 108 valence electrons. The third-order valence-electron chi connectivity index (χ3n) is 2.75. The maximum absolute atomic E-state index is 5.80. The van der Waals surface area contributed by atoms with Crippen LogP contribution in [0.1, 0.15) is 18.9 Å². The van der Waals surface area contributed by atoms with Crippen LogP contribution in [0.15, 0.2) is 48.0 Å². The van der Waals surface area contributed by atoms with E-state index in [9.17, 15) is 0 Å². The topological polar surface area (TPSA) is 68.2 Å². The minimum atomic E-state index is 0. The molecule has 0 atom stereocenters. The Balaban J connectivity index is 0.00000200. The summed E-state index contributed by atoms with van der Waals surface area (Å²) in [6, 6.07) is 8.09. The van der Waals surface area contributed by atoms with Gasteiger partial charge in [-0.3, -0.25) is 0 Å². The van der Waals surface area contributed by atoms with E-state index in [0.29, 0.717) is 12.5 Å². The zero-order valence-corrected chi connectivity index (χ0v) is 13.8. The average Bonchev–Trinajstić information content (AvgIpc) is 2.97. The molecule has 2 aromatic rings. The fourth-order valence-electron chi connectivity index (χ4n) is 1.78. The molecule has 0 spiro atoms. The maximum Gasteiger partial charge on any atom is 0.188 e. The van der Waals surface area contributed by atoms with Crippen LogP contribution < -0.4 is 11.1 Å². The zero-order valence-electron chi connectivity index (χ0n) is 11.5. The van der Waals surface area contributed by atoms with Crippen molar-refractivity contribution in [3.8, 4) is 5.69 Å². The summed E-state index contributed by atoms with van der Waals surface area (Å²) in [5, 5.41) is 3.07. The third kappa shape index (κ3) is 4.52. The molecule has 3 N–H and O–H groups in total. The number of aromatic nitrogens is 2. The number of nitrogens with zero attached hydrogens (tertiary/aromatic N) is 3. The molecule has 0 radical (unpaired) electrons. The van der Waals surface area contributed by atoms with E-state index < -0.39 is 0 Å². The first-order valence-corrected chi connectivity index (χ1v) is 6.41. The van der Waals surface area contributed by atoms with Gasteiger partial charge in [0, 0.05) is 18.9 Å². The number of halogens is 1. The first-order valence-electron chi connectivity index (χ1n) is 6.41. The lowest BCUT2D eigenvalue weighted by Gasteiger charge is -2.09. The van der Waals surface area contributed by atoms with Gasteiger partial charge in [-0.15, -0.1) is 24.0 Å². The molecule has 0 fully saturated rings. The monoisotopic (exact) mass is 385 g/mol. The minimum absolute atomic E-state index is 0. The third-order valence-corrected chi connectivity index (χ3v) is 2.75. The van der Waals surface area contributed by atoms with Crippen molar-refractivity contribution in [3.63, 3.8) is 0 Å². The molecule has 1 heterocycles. The number of para-hydroxylation sites is 1. The van der Waals surface area contributed by atoms with Crippen LogP contribution in [0.3, 0.4) is 0 Å². The van der Waals surface area contributed by atoms with Crippen molar-refractivity contribution in [1.82, 2.24) is 14.9 Å². The molecule has 0 aliphatic rings. The van der Waals surface area contributed by atoms with E-state index in [2.05, 4.69) is 22.2 Å². The van der Waals surface area contributed by atoms with E-state index in [-0.39, 0.29) is 24.0 Å². The van der Waals surface area contributed by atoms with E-state index in [1.165, 1.54) is 0 Å². The van der Waals surface area contributed by atoms with Gasteiger partial charge in [-0.1, -0.05) is 25.1 Å². The van der Waals surface area contributed by atoms with Crippen molar-refractivity contribution in [3.05, 3.63) is 48.5 Å². The number of imidazole rings is 1. The van der Waals surface area contributed by atoms with Crippen molar-refractivity contribution in [1.29, 1.82) is 0 Å². The van der Waals surface area contributed by atoms with Crippen molar-refractivity contribution < 1.29 is 0 Å². The molecule has 5 nitrogen and oxygen atoms in total. The standard InChI is InChI=1S/C14H19N5.HI/c1-2-7-17-14(15)18-10-12-5-3-4-6-13(12)19-9-8-16-11-19;/h3-6,8-9,11H,2,7,10H2,1H3,(H3,15,17,18);1H. The summed E-state index contributed by atoms with van der Waals surface area (Å²) < 4.78 is 1.97. The molecule has 0 unspecified atom stereocenters. The van der Waals surface area contributed by atoms with Crippen molar-refractivity contribution in [2.45, 2.75) is 19.9 Å². The van der Waals surface area contributed by atoms with Crippen LogP contribution in [0.25, 0.3) is 5.69 Å². The van der Waals surface area contributed by atoms with Crippen LogP contribution >= 0.6 is 24.0 Å². The largest absolute Gasteiger partial charge is 0.370 e. The minimum Gasteiger partial charge on any atom is -0.370 e. The van der Waals surface area contributed by atoms with Gasteiger partial charge in [0.25, 0.3) is 0 Å². The van der Waals surface area contributed by atoms with Crippen LogP contribution in [0.5, 0.6) is 0 Å². The summed E-state index contributed by atoms with van der Waals surface area (Å²) in [5.41, 5.74) is 7.98. The van der Waals surface area contributed by atoms with Gasteiger partial charge in [0.15, 0.2) is 5.96 Å². The van der Waals surface area contributed by atoms with Gasteiger partial charge in [0.05, 0.1) is 18.6 Å². The first-order chi connectivity index (χ1) is 9.31. The van der Waals surface area contributed by atoms with E-state index in [1.807, 2.05) is 35.0 Å². The van der Waals surface area contributed by atoms with Gasteiger partial charge in [-0.05, 0) is 18.1 Å². The van der Waals surface area contributed by atoms with Gasteiger partial charge in [0.2, 0.25) is 0 Å². The van der Waals surface area contributed by atoms with Gasteiger partial charge in [0.1, 0.15) is 0 Å². The second kappa shape index (κ2) is 8.57. The van der Waals surface area contributed by atoms with Crippen LogP contribution in [0, 0.1) is 0 Å². The first kappa shape index (κ1) is 16.5. The normalized spacial score (nSPS) is 10.9. The quantitative estimate of drug-likeness (QED) is 0.472. The van der Waals surface area contributed by atoms with E-state index >= 15 is 0 Å². The van der Waals surface area contributed by atoms with E-state index in [4.69, 9.17) is 5.73 Å². The second-order valence-electron chi connectivity index (χ2n) is 4.23. The Kier molecular flexibility index (Phi) is 7.06. The molecule has 0 aliphatic carbocycles.